The maximum Gasteiger partial charge on any atom is 0.238 e. The van der Waals surface area contributed by atoms with E-state index >= 15 is 0 Å². The summed E-state index contributed by atoms with van der Waals surface area (Å²) >= 11 is 0. The molecule has 1 fully saturated rings. The highest BCUT2D eigenvalue weighted by Crippen LogP contribution is 2.17. The summed E-state index contributed by atoms with van der Waals surface area (Å²) in [5, 5.41) is 2.87. The fourth-order valence-electron chi connectivity index (χ4n) is 3.53. The SMILES string of the molecule is CCN(CC(=O)Nc1cccc(OC)c1)CC(=O)N1CCN(c2ccccc2)CC1. The Hall–Kier alpha value is -3.06. The van der Waals surface area contributed by atoms with Gasteiger partial charge in [0.25, 0.3) is 0 Å². The standard InChI is InChI=1S/C23H30N4O3/c1-3-25(17-22(28)24-19-8-7-11-21(16-19)30-2)18-23(29)27-14-12-26(13-15-27)20-9-5-4-6-10-20/h4-11,16H,3,12-15,17-18H2,1-2H3,(H,24,28). The normalized spacial score (nSPS) is 14.0. The van der Waals surface area contributed by atoms with Crippen LogP contribution in [0.25, 0.3) is 0 Å². The highest BCUT2D eigenvalue weighted by Gasteiger charge is 2.23. The Bertz CT molecular complexity index is 835. The van der Waals surface area contributed by atoms with Gasteiger partial charge >= 0.3 is 0 Å². The van der Waals surface area contributed by atoms with Crippen LogP contribution < -0.4 is 15.0 Å². The van der Waals surface area contributed by atoms with Gasteiger partial charge in [-0.15, -0.1) is 0 Å². The molecule has 2 aromatic rings. The zero-order chi connectivity index (χ0) is 21.3. The summed E-state index contributed by atoms with van der Waals surface area (Å²) in [6, 6.07) is 17.5. The quantitative estimate of drug-likeness (QED) is 0.724. The number of ether oxygens (including phenoxy) is 1. The molecule has 2 amide bonds. The van der Waals surface area contributed by atoms with Gasteiger partial charge < -0.3 is 19.9 Å². The summed E-state index contributed by atoms with van der Waals surface area (Å²) in [7, 11) is 1.59. The molecule has 30 heavy (non-hydrogen) atoms. The van der Waals surface area contributed by atoms with Crippen LogP contribution in [0.3, 0.4) is 0 Å². The Balaban J connectivity index is 1.47. The molecule has 0 unspecified atom stereocenters. The fraction of sp³-hybridized carbons (Fsp3) is 0.391. The maximum atomic E-state index is 12.8. The van der Waals surface area contributed by atoms with Gasteiger partial charge in [0.05, 0.1) is 20.2 Å². The Morgan fingerprint density at radius 3 is 2.40 bits per heavy atom. The Morgan fingerprint density at radius 1 is 1.00 bits per heavy atom. The van der Waals surface area contributed by atoms with E-state index in [1.807, 2.05) is 53.1 Å². The highest BCUT2D eigenvalue weighted by molar-refractivity contribution is 5.92. The molecule has 0 bridgehead atoms. The summed E-state index contributed by atoms with van der Waals surface area (Å²) in [4.78, 5) is 31.2. The zero-order valence-corrected chi connectivity index (χ0v) is 17.7. The van der Waals surface area contributed by atoms with Gasteiger partial charge in [-0.05, 0) is 30.8 Å². The summed E-state index contributed by atoms with van der Waals surface area (Å²) in [5.41, 5.74) is 1.87. The summed E-state index contributed by atoms with van der Waals surface area (Å²) in [6.45, 7) is 6.02. The molecular formula is C23H30N4O3. The van der Waals surface area contributed by atoms with Crippen molar-refractivity contribution in [1.82, 2.24) is 9.80 Å². The predicted molar refractivity (Wildman–Crippen MR) is 119 cm³/mol. The minimum absolute atomic E-state index is 0.0683. The van der Waals surface area contributed by atoms with E-state index in [1.54, 1.807) is 13.2 Å². The van der Waals surface area contributed by atoms with E-state index < -0.39 is 0 Å². The van der Waals surface area contributed by atoms with Gasteiger partial charge in [-0.3, -0.25) is 14.5 Å². The van der Waals surface area contributed by atoms with Gasteiger partial charge in [-0.25, -0.2) is 0 Å². The maximum absolute atomic E-state index is 12.8. The molecule has 7 nitrogen and oxygen atoms in total. The molecular weight excluding hydrogens is 380 g/mol. The van der Waals surface area contributed by atoms with Crippen molar-refractivity contribution in [3.63, 3.8) is 0 Å². The molecule has 3 rings (SSSR count). The first-order valence-electron chi connectivity index (χ1n) is 10.3. The molecule has 0 atom stereocenters. The lowest BCUT2D eigenvalue weighted by Gasteiger charge is -2.37. The lowest BCUT2D eigenvalue weighted by molar-refractivity contribution is -0.133. The molecule has 0 spiro atoms. The lowest BCUT2D eigenvalue weighted by Crippen LogP contribution is -2.51. The highest BCUT2D eigenvalue weighted by atomic mass is 16.5. The van der Waals surface area contributed by atoms with Crippen molar-refractivity contribution in [2.24, 2.45) is 0 Å². The van der Waals surface area contributed by atoms with Crippen LogP contribution in [0.2, 0.25) is 0 Å². The van der Waals surface area contributed by atoms with E-state index in [0.717, 1.165) is 13.1 Å². The molecule has 1 saturated heterocycles. The number of carbonyl (C=O) groups excluding carboxylic acids is 2. The monoisotopic (exact) mass is 410 g/mol. The third-order valence-electron chi connectivity index (χ3n) is 5.28. The van der Waals surface area contributed by atoms with Crippen LogP contribution in [0.1, 0.15) is 6.92 Å². The van der Waals surface area contributed by atoms with Crippen molar-refractivity contribution >= 4 is 23.2 Å². The molecule has 0 aliphatic carbocycles. The number of hydrogen-bond acceptors (Lipinski definition) is 5. The number of likely N-dealkylation sites (N-methyl/N-ethyl adjacent to an activating group) is 1. The molecule has 1 N–H and O–H groups in total. The van der Waals surface area contributed by atoms with Gasteiger partial charge in [0.2, 0.25) is 11.8 Å². The van der Waals surface area contributed by atoms with Crippen LogP contribution in [-0.2, 0) is 9.59 Å². The number of hydrogen-bond donors (Lipinski definition) is 1. The number of anilines is 2. The van der Waals surface area contributed by atoms with Crippen LogP contribution in [0.15, 0.2) is 54.6 Å². The zero-order valence-electron chi connectivity index (χ0n) is 17.7. The topological polar surface area (TPSA) is 65.1 Å². The van der Waals surface area contributed by atoms with E-state index in [4.69, 9.17) is 4.74 Å². The number of rotatable bonds is 8. The molecule has 1 aliphatic rings. The average molecular weight is 411 g/mol. The number of piperazine rings is 1. The average Bonchev–Trinajstić information content (AvgIpc) is 2.79. The summed E-state index contributed by atoms with van der Waals surface area (Å²) in [6.07, 6.45) is 0. The fourth-order valence-corrected chi connectivity index (χ4v) is 3.53. The first-order valence-corrected chi connectivity index (χ1v) is 10.3. The van der Waals surface area contributed by atoms with E-state index in [9.17, 15) is 9.59 Å². The number of para-hydroxylation sites is 1. The Morgan fingerprint density at radius 2 is 1.73 bits per heavy atom. The molecule has 2 aromatic carbocycles. The van der Waals surface area contributed by atoms with Crippen LogP contribution in [0.4, 0.5) is 11.4 Å². The number of carbonyl (C=O) groups is 2. The molecule has 0 radical (unpaired) electrons. The van der Waals surface area contributed by atoms with Gasteiger partial charge in [0, 0.05) is 43.6 Å². The number of amides is 2. The van der Waals surface area contributed by atoms with E-state index in [2.05, 4.69) is 22.3 Å². The summed E-state index contributed by atoms with van der Waals surface area (Å²) in [5.74, 6) is 0.607. The van der Waals surface area contributed by atoms with Crippen LogP contribution in [0.5, 0.6) is 5.75 Å². The van der Waals surface area contributed by atoms with Gasteiger partial charge in [-0.2, -0.15) is 0 Å². The second-order valence-electron chi connectivity index (χ2n) is 7.29. The first kappa shape index (κ1) is 21.6. The first-order chi connectivity index (χ1) is 14.6. The molecule has 0 aromatic heterocycles. The lowest BCUT2D eigenvalue weighted by atomic mass is 10.2. The van der Waals surface area contributed by atoms with E-state index in [-0.39, 0.29) is 24.9 Å². The second-order valence-corrected chi connectivity index (χ2v) is 7.29. The van der Waals surface area contributed by atoms with Crippen molar-refractivity contribution in [2.45, 2.75) is 6.92 Å². The number of nitrogens with zero attached hydrogens (tertiary/aromatic N) is 3. The predicted octanol–water partition coefficient (Wildman–Crippen LogP) is 2.30. The van der Waals surface area contributed by atoms with Crippen molar-refractivity contribution in [3.8, 4) is 5.75 Å². The van der Waals surface area contributed by atoms with Crippen molar-refractivity contribution in [2.75, 3.05) is 63.1 Å². The third-order valence-corrected chi connectivity index (χ3v) is 5.28. The van der Waals surface area contributed by atoms with Crippen molar-refractivity contribution in [1.29, 1.82) is 0 Å². The van der Waals surface area contributed by atoms with Gasteiger partial charge in [0.1, 0.15) is 5.75 Å². The molecule has 7 heteroatoms. The smallest absolute Gasteiger partial charge is 0.238 e. The van der Waals surface area contributed by atoms with Crippen LogP contribution >= 0.6 is 0 Å². The Labute approximate surface area is 178 Å². The van der Waals surface area contributed by atoms with E-state index in [0.29, 0.717) is 31.1 Å². The van der Waals surface area contributed by atoms with E-state index in [1.165, 1.54) is 5.69 Å². The van der Waals surface area contributed by atoms with Crippen molar-refractivity contribution in [3.05, 3.63) is 54.6 Å². The van der Waals surface area contributed by atoms with Crippen LogP contribution in [0, 0.1) is 0 Å². The molecule has 0 saturated carbocycles. The Kier molecular flexibility index (Phi) is 7.68. The third kappa shape index (κ3) is 5.97. The minimum Gasteiger partial charge on any atom is -0.497 e. The largest absolute Gasteiger partial charge is 0.497 e. The number of methoxy groups -OCH3 is 1. The number of benzene rings is 2. The minimum atomic E-state index is -0.146. The molecule has 160 valence electrons. The molecule has 1 heterocycles. The van der Waals surface area contributed by atoms with Gasteiger partial charge in [-0.1, -0.05) is 31.2 Å². The second kappa shape index (κ2) is 10.6. The number of nitrogens with one attached hydrogen (secondary N) is 1. The summed E-state index contributed by atoms with van der Waals surface area (Å²) < 4.78 is 5.18. The van der Waals surface area contributed by atoms with Crippen molar-refractivity contribution < 1.29 is 14.3 Å². The molecule has 1 aliphatic heterocycles. The van der Waals surface area contributed by atoms with Gasteiger partial charge in [0.15, 0.2) is 0 Å². The van der Waals surface area contributed by atoms with Crippen LogP contribution in [-0.4, -0.2) is 74.5 Å².